The van der Waals surface area contributed by atoms with E-state index in [9.17, 15) is 0 Å². The van der Waals surface area contributed by atoms with E-state index < -0.39 is 11.9 Å². The van der Waals surface area contributed by atoms with Crippen LogP contribution in [0.4, 0.5) is 0 Å². The third-order valence-electron chi connectivity index (χ3n) is 4.30. The zero-order valence-electron chi connectivity index (χ0n) is 16.7. The van der Waals surface area contributed by atoms with E-state index >= 15 is 0 Å². The molecule has 0 saturated carbocycles. The van der Waals surface area contributed by atoms with E-state index in [0.29, 0.717) is 0 Å². The molecule has 0 amide bonds. The lowest BCUT2D eigenvalue weighted by Gasteiger charge is -2.19. The van der Waals surface area contributed by atoms with Crippen molar-refractivity contribution in [2.75, 3.05) is 33.4 Å². The molecule has 28 heavy (non-hydrogen) atoms. The van der Waals surface area contributed by atoms with Crippen LogP contribution in [0.5, 0.6) is 11.5 Å². The van der Waals surface area contributed by atoms with Gasteiger partial charge in [0.25, 0.3) is 0 Å². The summed E-state index contributed by atoms with van der Waals surface area (Å²) in [5.41, 5.74) is 1.14. The van der Waals surface area contributed by atoms with Crippen molar-refractivity contribution in [3.05, 3.63) is 29.8 Å². The number of methoxy groups -OCH3 is 1. The zero-order chi connectivity index (χ0) is 20.8. The maximum Gasteiger partial charge on any atom is 0.414 e. The monoisotopic (exact) mass is 393 g/mol. The Balaban J connectivity index is 0.000000568. The number of ether oxygens (including phenoxy) is 2. The Kier molecular flexibility index (Phi) is 11.4. The Morgan fingerprint density at radius 1 is 1.07 bits per heavy atom. The second kappa shape index (κ2) is 13.6. The van der Waals surface area contributed by atoms with Gasteiger partial charge >= 0.3 is 11.9 Å². The van der Waals surface area contributed by atoms with Crippen LogP contribution in [0.1, 0.15) is 44.6 Å². The predicted octanol–water partition coefficient (Wildman–Crippen LogP) is 3.53. The number of rotatable bonds is 7. The lowest BCUT2D eigenvalue weighted by molar-refractivity contribution is -0.159. The third kappa shape index (κ3) is 9.41. The highest BCUT2D eigenvalue weighted by atomic mass is 16.5. The fourth-order valence-electron chi connectivity index (χ4n) is 2.93. The van der Waals surface area contributed by atoms with Crippen LogP contribution >= 0.6 is 0 Å². The molecule has 1 aliphatic heterocycles. The fraction of sp³-hybridized carbons (Fsp3) is 0.524. The SMILES string of the molecule is C/C=C/c1ccc(OCCCN2CCCCCC2)c(OC)c1.O=C(O)C(=O)O. The molecule has 1 heterocycles. The van der Waals surface area contributed by atoms with Crippen LogP contribution in [-0.2, 0) is 9.59 Å². The molecular weight excluding hydrogens is 362 g/mol. The Labute approximate surface area is 166 Å². The average molecular weight is 393 g/mol. The van der Waals surface area contributed by atoms with Crippen LogP contribution < -0.4 is 9.47 Å². The van der Waals surface area contributed by atoms with Gasteiger partial charge in [0, 0.05) is 6.54 Å². The molecule has 2 rings (SSSR count). The number of benzene rings is 1. The van der Waals surface area contributed by atoms with Crippen molar-refractivity contribution in [1.29, 1.82) is 0 Å². The number of likely N-dealkylation sites (tertiary alicyclic amines) is 1. The van der Waals surface area contributed by atoms with Crippen molar-refractivity contribution in [2.24, 2.45) is 0 Å². The maximum absolute atomic E-state index is 9.10. The van der Waals surface area contributed by atoms with Crippen molar-refractivity contribution in [1.82, 2.24) is 4.90 Å². The molecule has 0 unspecified atom stereocenters. The number of aliphatic carboxylic acids is 2. The molecule has 0 atom stereocenters. The summed E-state index contributed by atoms with van der Waals surface area (Å²) in [7, 11) is 1.69. The number of nitrogens with zero attached hydrogens (tertiary/aromatic N) is 1. The summed E-state index contributed by atoms with van der Waals surface area (Å²) in [6, 6.07) is 6.08. The summed E-state index contributed by atoms with van der Waals surface area (Å²) < 4.78 is 11.3. The van der Waals surface area contributed by atoms with Gasteiger partial charge in [-0.1, -0.05) is 31.1 Å². The smallest absolute Gasteiger partial charge is 0.414 e. The van der Waals surface area contributed by atoms with Crippen LogP contribution in [-0.4, -0.2) is 60.4 Å². The highest BCUT2D eigenvalue weighted by Crippen LogP contribution is 2.28. The number of hydrogen-bond donors (Lipinski definition) is 2. The van der Waals surface area contributed by atoms with Crippen LogP contribution in [0.25, 0.3) is 6.08 Å². The normalized spacial score (nSPS) is 14.6. The maximum atomic E-state index is 9.10. The van der Waals surface area contributed by atoms with Gasteiger partial charge in [-0.15, -0.1) is 0 Å². The summed E-state index contributed by atoms with van der Waals surface area (Å²) in [5, 5.41) is 14.8. The average Bonchev–Trinajstić information content (AvgIpc) is 2.95. The molecule has 1 aromatic rings. The van der Waals surface area contributed by atoms with E-state index in [2.05, 4.69) is 17.0 Å². The first-order valence-electron chi connectivity index (χ1n) is 9.60. The highest BCUT2D eigenvalue weighted by Gasteiger charge is 2.09. The Morgan fingerprint density at radius 3 is 2.25 bits per heavy atom. The predicted molar refractivity (Wildman–Crippen MR) is 108 cm³/mol. The largest absolute Gasteiger partial charge is 0.493 e. The summed E-state index contributed by atoms with van der Waals surface area (Å²) in [4.78, 5) is 20.8. The first-order chi connectivity index (χ1) is 13.5. The standard InChI is InChI=1S/C19H29NO2.C2H2O4/c1-3-9-17-10-11-18(19(16-17)21-2)22-15-8-14-20-12-6-4-5-7-13-20;3-1(4)2(5)6/h3,9-11,16H,4-8,12-15H2,1-2H3;(H,3,4)(H,5,6)/b9-3+;. The topological polar surface area (TPSA) is 96.3 Å². The van der Waals surface area contributed by atoms with Gasteiger partial charge in [0.2, 0.25) is 0 Å². The number of carbonyl (C=O) groups is 2. The number of carboxylic acid groups (broad SMARTS) is 2. The molecule has 0 spiro atoms. The summed E-state index contributed by atoms with van der Waals surface area (Å²) in [6.45, 7) is 6.40. The van der Waals surface area contributed by atoms with Crippen LogP contribution in [0, 0.1) is 0 Å². The van der Waals surface area contributed by atoms with Crippen LogP contribution in [0.3, 0.4) is 0 Å². The lowest BCUT2D eigenvalue weighted by atomic mass is 10.2. The molecular formula is C21H31NO6. The van der Waals surface area contributed by atoms with Gasteiger partial charge in [0.1, 0.15) is 0 Å². The van der Waals surface area contributed by atoms with Crippen molar-refractivity contribution < 1.29 is 29.3 Å². The molecule has 1 aliphatic rings. The first-order valence-corrected chi connectivity index (χ1v) is 9.60. The van der Waals surface area contributed by atoms with Crippen LogP contribution in [0.2, 0.25) is 0 Å². The molecule has 2 N–H and O–H groups in total. The van der Waals surface area contributed by atoms with E-state index in [1.807, 2.05) is 25.1 Å². The van der Waals surface area contributed by atoms with Gasteiger partial charge in [0.15, 0.2) is 11.5 Å². The van der Waals surface area contributed by atoms with Crippen LogP contribution in [0.15, 0.2) is 24.3 Å². The van der Waals surface area contributed by atoms with E-state index in [1.54, 1.807) is 7.11 Å². The fourth-order valence-corrected chi connectivity index (χ4v) is 2.93. The number of carboxylic acids is 2. The van der Waals surface area contributed by atoms with Gasteiger partial charge in [-0.2, -0.15) is 0 Å². The van der Waals surface area contributed by atoms with Crippen molar-refractivity contribution in [3.8, 4) is 11.5 Å². The molecule has 156 valence electrons. The minimum absolute atomic E-state index is 0.746. The highest BCUT2D eigenvalue weighted by molar-refractivity contribution is 6.27. The Hall–Kier alpha value is -2.54. The minimum atomic E-state index is -1.82. The van der Waals surface area contributed by atoms with E-state index in [1.165, 1.54) is 38.8 Å². The summed E-state index contributed by atoms with van der Waals surface area (Å²) in [6.07, 6.45) is 10.6. The third-order valence-corrected chi connectivity index (χ3v) is 4.30. The molecule has 1 fully saturated rings. The molecule has 1 aromatic carbocycles. The molecule has 0 bridgehead atoms. The Morgan fingerprint density at radius 2 is 1.71 bits per heavy atom. The molecule has 1 saturated heterocycles. The van der Waals surface area contributed by atoms with Gasteiger partial charge in [0.05, 0.1) is 13.7 Å². The van der Waals surface area contributed by atoms with E-state index in [4.69, 9.17) is 29.3 Å². The molecule has 0 aromatic heterocycles. The van der Waals surface area contributed by atoms with Crippen molar-refractivity contribution in [2.45, 2.75) is 39.0 Å². The quantitative estimate of drug-likeness (QED) is 0.540. The second-order valence-electron chi connectivity index (χ2n) is 6.48. The molecule has 0 aliphatic carbocycles. The van der Waals surface area contributed by atoms with Gasteiger partial charge in [-0.3, -0.25) is 0 Å². The van der Waals surface area contributed by atoms with Crippen molar-refractivity contribution >= 4 is 18.0 Å². The molecule has 7 nitrogen and oxygen atoms in total. The summed E-state index contributed by atoms with van der Waals surface area (Å²) >= 11 is 0. The number of allylic oxidation sites excluding steroid dienone is 1. The van der Waals surface area contributed by atoms with Gasteiger partial charge in [-0.25, -0.2) is 9.59 Å². The van der Waals surface area contributed by atoms with Gasteiger partial charge in [-0.05, 0) is 57.0 Å². The summed E-state index contributed by atoms with van der Waals surface area (Å²) in [5.74, 6) is -2.00. The lowest BCUT2D eigenvalue weighted by Crippen LogP contribution is -2.26. The first kappa shape index (κ1) is 23.5. The van der Waals surface area contributed by atoms with E-state index in [0.717, 1.165) is 36.6 Å². The molecule has 0 radical (unpaired) electrons. The van der Waals surface area contributed by atoms with E-state index in [-0.39, 0.29) is 0 Å². The Bertz CT molecular complexity index is 624. The number of hydrogen-bond acceptors (Lipinski definition) is 5. The zero-order valence-corrected chi connectivity index (χ0v) is 16.7. The van der Waals surface area contributed by atoms with Crippen molar-refractivity contribution in [3.63, 3.8) is 0 Å². The minimum Gasteiger partial charge on any atom is -0.493 e. The molecule has 7 heteroatoms. The second-order valence-corrected chi connectivity index (χ2v) is 6.48. The van der Waals surface area contributed by atoms with Gasteiger partial charge < -0.3 is 24.6 Å².